The molecule has 1 N–H and O–H groups in total. The number of rotatable bonds is 6. The molecule has 1 atom stereocenters. The molecule has 2 rings (SSSR count). The van der Waals surface area contributed by atoms with E-state index in [1.165, 1.54) is 6.20 Å². The van der Waals surface area contributed by atoms with Gasteiger partial charge in [0.1, 0.15) is 0 Å². The van der Waals surface area contributed by atoms with Gasteiger partial charge >= 0.3 is 0 Å². The average molecular weight is 311 g/mol. The van der Waals surface area contributed by atoms with Crippen LogP contribution in [0.25, 0.3) is 0 Å². The van der Waals surface area contributed by atoms with Gasteiger partial charge in [-0.1, -0.05) is 30.3 Å². The third kappa shape index (κ3) is 4.64. The molecule has 5 nitrogen and oxygen atoms in total. The van der Waals surface area contributed by atoms with Crippen molar-refractivity contribution in [3.63, 3.8) is 0 Å². The summed E-state index contributed by atoms with van der Waals surface area (Å²) in [5, 5.41) is 2.82. The number of hydrogen-bond donors (Lipinski definition) is 1. The summed E-state index contributed by atoms with van der Waals surface area (Å²) in [6.45, 7) is 4.38. The van der Waals surface area contributed by atoms with Crippen LogP contribution in [0.4, 0.5) is 0 Å². The minimum atomic E-state index is -0.186. The fourth-order valence-electron chi connectivity index (χ4n) is 2.42. The van der Waals surface area contributed by atoms with Gasteiger partial charge in [-0.05, 0) is 24.6 Å². The minimum absolute atomic E-state index is 0.0167. The summed E-state index contributed by atoms with van der Waals surface area (Å²) in [5.74, 6) is -0.203. The SMILES string of the molecule is CC(=O)N(CCNC(=O)c1cccnc1)C(C)c1ccccc1. The van der Waals surface area contributed by atoms with E-state index in [4.69, 9.17) is 0 Å². The topological polar surface area (TPSA) is 62.3 Å². The molecule has 1 unspecified atom stereocenters. The van der Waals surface area contributed by atoms with Crippen molar-refractivity contribution < 1.29 is 9.59 Å². The first-order valence-electron chi connectivity index (χ1n) is 7.60. The van der Waals surface area contributed by atoms with Gasteiger partial charge in [-0.15, -0.1) is 0 Å². The fourth-order valence-corrected chi connectivity index (χ4v) is 2.42. The molecule has 0 radical (unpaired) electrons. The molecule has 0 saturated heterocycles. The second-order valence-corrected chi connectivity index (χ2v) is 5.30. The summed E-state index contributed by atoms with van der Waals surface area (Å²) in [6, 6.07) is 13.2. The van der Waals surface area contributed by atoms with Crippen molar-refractivity contribution in [1.29, 1.82) is 0 Å². The van der Waals surface area contributed by atoms with Crippen LogP contribution >= 0.6 is 0 Å². The van der Waals surface area contributed by atoms with Gasteiger partial charge in [0.05, 0.1) is 11.6 Å². The lowest BCUT2D eigenvalue weighted by molar-refractivity contribution is -0.130. The number of aromatic nitrogens is 1. The lowest BCUT2D eigenvalue weighted by atomic mass is 10.1. The molecule has 0 aliphatic carbocycles. The molecule has 1 heterocycles. The highest BCUT2D eigenvalue weighted by molar-refractivity contribution is 5.93. The summed E-state index contributed by atoms with van der Waals surface area (Å²) in [7, 11) is 0. The van der Waals surface area contributed by atoms with Crippen molar-refractivity contribution >= 4 is 11.8 Å². The van der Waals surface area contributed by atoms with Gasteiger partial charge in [-0.25, -0.2) is 0 Å². The zero-order chi connectivity index (χ0) is 16.7. The summed E-state index contributed by atoms with van der Waals surface area (Å²) in [4.78, 5) is 29.6. The molecule has 1 aromatic carbocycles. The third-order valence-corrected chi connectivity index (χ3v) is 3.72. The molecule has 0 spiro atoms. The van der Waals surface area contributed by atoms with Gasteiger partial charge in [0.15, 0.2) is 0 Å². The van der Waals surface area contributed by atoms with Crippen molar-refractivity contribution in [2.75, 3.05) is 13.1 Å². The molecule has 2 amide bonds. The zero-order valence-corrected chi connectivity index (χ0v) is 13.4. The van der Waals surface area contributed by atoms with E-state index in [0.717, 1.165) is 5.56 Å². The zero-order valence-electron chi connectivity index (χ0n) is 13.4. The number of hydrogen-bond acceptors (Lipinski definition) is 3. The van der Waals surface area contributed by atoms with Crippen LogP contribution in [0, 0.1) is 0 Å². The molecule has 23 heavy (non-hydrogen) atoms. The second kappa shape index (κ2) is 8.08. The highest BCUT2D eigenvalue weighted by Crippen LogP contribution is 2.19. The van der Waals surface area contributed by atoms with E-state index >= 15 is 0 Å². The number of amides is 2. The predicted molar refractivity (Wildman–Crippen MR) is 88.8 cm³/mol. The molecule has 0 saturated carbocycles. The summed E-state index contributed by atoms with van der Waals surface area (Å²) >= 11 is 0. The normalized spacial score (nSPS) is 11.6. The van der Waals surface area contributed by atoms with Gasteiger partial charge < -0.3 is 10.2 Å². The Morgan fingerprint density at radius 3 is 2.52 bits per heavy atom. The molecule has 2 aromatic rings. The fraction of sp³-hybridized carbons (Fsp3) is 0.278. The van der Waals surface area contributed by atoms with Gasteiger partial charge in [-0.2, -0.15) is 0 Å². The maximum atomic E-state index is 12.0. The first-order chi connectivity index (χ1) is 11.1. The number of benzene rings is 1. The molecule has 1 aromatic heterocycles. The highest BCUT2D eigenvalue weighted by atomic mass is 16.2. The van der Waals surface area contributed by atoms with E-state index < -0.39 is 0 Å². The van der Waals surface area contributed by atoms with Gasteiger partial charge in [0.2, 0.25) is 5.91 Å². The summed E-state index contributed by atoms with van der Waals surface area (Å²) in [5.41, 5.74) is 1.58. The van der Waals surface area contributed by atoms with E-state index in [-0.39, 0.29) is 17.9 Å². The van der Waals surface area contributed by atoms with Crippen molar-refractivity contribution in [3.8, 4) is 0 Å². The van der Waals surface area contributed by atoms with Crippen LogP contribution in [0.5, 0.6) is 0 Å². The Balaban J connectivity index is 1.93. The van der Waals surface area contributed by atoms with Crippen molar-refractivity contribution in [3.05, 3.63) is 66.0 Å². The monoisotopic (exact) mass is 311 g/mol. The van der Waals surface area contributed by atoms with Crippen LogP contribution in [0.3, 0.4) is 0 Å². The largest absolute Gasteiger partial charge is 0.350 e. The van der Waals surface area contributed by atoms with Crippen LogP contribution in [-0.4, -0.2) is 34.8 Å². The molecular weight excluding hydrogens is 290 g/mol. The lowest BCUT2D eigenvalue weighted by Crippen LogP contribution is -2.39. The minimum Gasteiger partial charge on any atom is -0.350 e. The second-order valence-electron chi connectivity index (χ2n) is 5.30. The van der Waals surface area contributed by atoms with Crippen LogP contribution in [0.2, 0.25) is 0 Å². The summed E-state index contributed by atoms with van der Waals surface area (Å²) in [6.07, 6.45) is 3.14. The molecule has 0 aliphatic rings. The third-order valence-electron chi connectivity index (χ3n) is 3.72. The quantitative estimate of drug-likeness (QED) is 0.891. The lowest BCUT2D eigenvalue weighted by Gasteiger charge is -2.28. The van der Waals surface area contributed by atoms with E-state index in [2.05, 4.69) is 10.3 Å². The van der Waals surface area contributed by atoms with Gasteiger partial charge in [-0.3, -0.25) is 14.6 Å². The molecule has 0 aliphatic heterocycles. The number of nitrogens with zero attached hydrogens (tertiary/aromatic N) is 2. The molecule has 0 fully saturated rings. The Labute approximate surface area is 136 Å². The molecule has 120 valence electrons. The Morgan fingerprint density at radius 1 is 1.17 bits per heavy atom. The maximum absolute atomic E-state index is 12.0. The Hall–Kier alpha value is -2.69. The molecular formula is C18H21N3O2. The van der Waals surface area contributed by atoms with Gasteiger partial charge in [0, 0.05) is 32.4 Å². The van der Waals surface area contributed by atoms with Crippen molar-refractivity contribution in [2.45, 2.75) is 19.9 Å². The number of nitrogens with one attached hydrogen (secondary N) is 1. The standard InChI is InChI=1S/C18H21N3O2/c1-14(16-7-4-3-5-8-16)21(15(2)22)12-11-20-18(23)17-9-6-10-19-13-17/h3-10,13-14H,11-12H2,1-2H3,(H,20,23). The maximum Gasteiger partial charge on any atom is 0.252 e. The number of carbonyl (C=O) groups is 2. The number of carbonyl (C=O) groups excluding carboxylic acids is 2. The smallest absolute Gasteiger partial charge is 0.252 e. The highest BCUT2D eigenvalue weighted by Gasteiger charge is 2.18. The molecule has 0 bridgehead atoms. The van der Waals surface area contributed by atoms with E-state index in [0.29, 0.717) is 18.7 Å². The Bertz CT molecular complexity index is 644. The molecule has 5 heteroatoms. The average Bonchev–Trinajstić information content (AvgIpc) is 2.59. The Kier molecular flexibility index (Phi) is 5.86. The first-order valence-corrected chi connectivity index (χ1v) is 7.60. The van der Waals surface area contributed by atoms with E-state index in [1.807, 2.05) is 37.3 Å². The van der Waals surface area contributed by atoms with E-state index in [1.54, 1.807) is 30.2 Å². The van der Waals surface area contributed by atoms with Crippen molar-refractivity contribution in [1.82, 2.24) is 15.2 Å². The number of pyridine rings is 1. The summed E-state index contributed by atoms with van der Waals surface area (Å²) < 4.78 is 0. The first kappa shape index (κ1) is 16.7. The van der Waals surface area contributed by atoms with Crippen LogP contribution in [0.1, 0.15) is 35.8 Å². The van der Waals surface area contributed by atoms with Crippen molar-refractivity contribution in [2.24, 2.45) is 0 Å². The van der Waals surface area contributed by atoms with Crippen LogP contribution in [-0.2, 0) is 4.79 Å². The Morgan fingerprint density at radius 2 is 1.91 bits per heavy atom. The van der Waals surface area contributed by atoms with E-state index in [9.17, 15) is 9.59 Å². The predicted octanol–water partition coefficient (Wildman–Crippen LogP) is 2.42. The van der Waals surface area contributed by atoms with Crippen LogP contribution in [0.15, 0.2) is 54.9 Å². The van der Waals surface area contributed by atoms with Crippen LogP contribution < -0.4 is 5.32 Å². The van der Waals surface area contributed by atoms with Gasteiger partial charge in [0.25, 0.3) is 5.91 Å².